The summed E-state index contributed by atoms with van der Waals surface area (Å²) in [6.45, 7) is 5.83. The number of amides is 2. The van der Waals surface area contributed by atoms with Gasteiger partial charge >= 0.3 is 12.1 Å². The van der Waals surface area contributed by atoms with Crippen molar-refractivity contribution in [2.75, 3.05) is 6.54 Å². The van der Waals surface area contributed by atoms with E-state index in [0.29, 0.717) is 24.9 Å². The largest absolute Gasteiger partial charge is 0.459 e. The van der Waals surface area contributed by atoms with Gasteiger partial charge in [-0.3, -0.25) is 4.79 Å². The SMILES string of the molecule is CC(C)(C)OC(=O)N[C@H](C(=O)N1CCC[C@@H]1C(=O)OCc1ccccc1)c1ccccc1. The fourth-order valence-electron chi connectivity index (χ4n) is 3.62. The molecule has 2 atom stereocenters. The van der Waals surface area contributed by atoms with E-state index in [1.165, 1.54) is 4.90 Å². The van der Waals surface area contributed by atoms with Gasteiger partial charge in [0.25, 0.3) is 5.91 Å². The second kappa shape index (κ2) is 10.3. The van der Waals surface area contributed by atoms with E-state index in [-0.39, 0.29) is 12.5 Å². The highest BCUT2D eigenvalue weighted by atomic mass is 16.6. The number of hydrogen-bond donors (Lipinski definition) is 1. The number of carbonyl (C=O) groups excluding carboxylic acids is 3. The number of hydrogen-bond acceptors (Lipinski definition) is 5. The number of alkyl carbamates (subject to hydrolysis) is 1. The Morgan fingerprint density at radius 3 is 2.28 bits per heavy atom. The van der Waals surface area contributed by atoms with E-state index in [4.69, 9.17) is 9.47 Å². The second-order valence-corrected chi connectivity index (χ2v) is 8.77. The van der Waals surface area contributed by atoms with Crippen LogP contribution >= 0.6 is 0 Å². The molecule has 1 fully saturated rings. The van der Waals surface area contributed by atoms with E-state index in [1.54, 1.807) is 45.0 Å². The fourth-order valence-corrected chi connectivity index (χ4v) is 3.62. The molecule has 0 aromatic heterocycles. The first-order valence-electron chi connectivity index (χ1n) is 10.8. The Morgan fingerprint density at radius 2 is 1.66 bits per heavy atom. The Bertz CT molecular complexity index is 924. The Labute approximate surface area is 188 Å². The minimum Gasteiger partial charge on any atom is -0.459 e. The lowest BCUT2D eigenvalue weighted by molar-refractivity contribution is -0.155. The van der Waals surface area contributed by atoms with Crippen LogP contribution in [0.1, 0.15) is 50.8 Å². The Hall–Kier alpha value is -3.35. The van der Waals surface area contributed by atoms with Gasteiger partial charge < -0.3 is 19.7 Å². The summed E-state index contributed by atoms with van der Waals surface area (Å²) in [5.74, 6) is -0.801. The monoisotopic (exact) mass is 438 g/mol. The number of benzene rings is 2. The molecule has 2 aromatic carbocycles. The maximum atomic E-state index is 13.5. The number of carbonyl (C=O) groups is 3. The van der Waals surface area contributed by atoms with Crippen molar-refractivity contribution in [2.45, 2.75) is 57.9 Å². The molecule has 170 valence electrons. The molecule has 0 unspecified atom stereocenters. The third kappa shape index (κ3) is 6.33. The number of nitrogens with zero attached hydrogens (tertiary/aromatic N) is 1. The summed E-state index contributed by atoms with van der Waals surface area (Å²) in [7, 11) is 0. The zero-order valence-corrected chi connectivity index (χ0v) is 18.7. The second-order valence-electron chi connectivity index (χ2n) is 8.77. The quantitative estimate of drug-likeness (QED) is 0.690. The molecule has 0 aliphatic carbocycles. The maximum absolute atomic E-state index is 13.5. The van der Waals surface area contributed by atoms with Crippen LogP contribution in [0.4, 0.5) is 4.79 Å². The summed E-state index contributed by atoms with van der Waals surface area (Å²) < 4.78 is 10.8. The molecule has 7 nitrogen and oxygen atoms in total. The third-order valence-electron chi connectivity index (χ3n) is 5.07. The highest BCUT2D eigenvalue weighted by Crippen LogP contribution is 2.25. The van der Waals surface area contributed by atoms with Gasteiger partial charge in [-0.25, -0.2) is 9.59 Å². The molecule has 1 aliphatic rings. The van der Waals surface area contributed by atoms with Crippen molar-refractivity contribution in [1.29, 1.82) is 0 Å². The van der Waals surface area contributed by atoms with E-state index < -0.39 is 29.7 Å². The van der Waals surface area contributed by atoms with Crippen LogP contribution in [-0.2, 0) is 25.7 Å². The zero-order valence-electron chi connectivity index (χ0n) is 18.7. The molecule has 32 heavy (non-hydrogen) atoms. The van der Waals surface area contributed by atoms with Crippen molar-refractivity contribution in [3.63, 3.8) is 0 Å². The van der Waals surface area contributed by atoms with Crippen molar-refractivity contribution in [3.8, 4) is 0 Å². The van der Waals surface area contributed by atoms with Crippen molar-refractivity contribution in [3.05, 3.63) is 71.8 Å². The van der Waals surface area contributed by atoms with Gasteiger partial charge in [-0.1, -0.05) is 60.7 Å². The maximum Gasteiger partial charge on any atom is 0.408 e. The van der Waals surface area contributed by atoms with Gasteiger partial charge in [0.1, 0.15) is 24.3 Å². The number of nitrogens with one attached hydrogen (secondary N) is 1. The lowest BCUT2D eigenvalue weighted by Gasteiger charge is -2.29. The molecule has 0 spiro atoms. The van der Waals surface area contributed by atoms with Crippen molar-refractivity contribution in [2.24, 2.45) is 0 Å². The van der Waals surface area contributed by atoms with Crippen LogP contribution in [0, 0.1) is 0 Å². The van der Waals surface area contributed by atoms with Gasteiger partial charge in [0.05, 0.1) is 0 Å². The predicted molar refractivity (Wildman–Crippen MR) is 120 cm³/mol. The van der Waals surface area contributed by atoms with Crippen molar-refractivity contribution < 1.29 is 23.9 Å². The summed E-state index contributed by atoms with van der Waals surface area (Å²) in [6, 6.07) is 16.7. The fraction of sp³-hybridized carbons (Fsp3) is 0.400. The summed E-state index contributed by atoms with van der Waals surface area (Å²) in [5.41, 5.74) is 0.795. The molecule has 2 aromatic rings. The lowest BCUT2D eigenvalue weighted by atomic mass is 10.1. The van der Waals surface area contributed by atoms with Crippen molar-refractivity contribution in [1.82, 2.24) is 10.2 Å². The number of esters is 1. The average Bonchev–Trinajstić information content (AvgIpc) is 3.25. The standard InChI is InChI=1S/C25H30N2O5/c1-25(2,3)32-24(30)26-21(19-13-8-5-9-14-19)22(28)27-16-10-15-20(27)23(29)31-17-18-11-6-4-7-12-18/h4-9,11-14,20-21H,10,15-17H2,1-3H3,(H,26,30)/t20-,21+/m1/s1. The first-order chi connectivity index (χ1) is 15.2. The third-order valence-corrected chi connectivity index (χ3v) is 5.07. The van der Waals surface area contributed by atoms with Crippen LogP contribution in [0.5, 0.6) is 0 Å². The molecule has 1 N–H and O–H groups in total. The molecule has 0 bridgehead atoms. The Balaban J connectivity index is 1.73. The van der Waals surface area contributed by atoms with Gasteiger partial charge in [0, 0.05) is 6.54 Å². The zero-order chi connectivity index (χ0) is 23.1. The molecule has 7 heteroatoms. The molecule has 1 saturated heterocycles. The minimum atomic E-state index is -0.964. The van der Waals surface area contributed by atoms with Crippen LogP contribution in [0.15, 0.2) is 60.7 Å². The summed E-state index contributed by atoms with van der Waals surface area (Å²) >= 11 is 0. The molecular formula is C25H30N2O5. The molecular weight excluding hydrogens is 408 g/mol. The van der Waals surface area contributed by atoms with Crippen LogP contribution in [0.2, 0.25) is 0 Å². The normalized spacial score (nSPS) is 16.8. The minimum absolute atomic E-state index is 0.149. The highest BCUT2D eigenvalue weighted by molar-refractivity contribution is 5.91. The smallest absolute Gasteiger partial charge is 0.408 e. The van der Waals surface area contributed by atoms with Gasteiger partial charge in [0.2, 0.25) is 0 Å². The Kier molecular flexibility index (Phi) is 7.51. The molecule has 0 saturated carbocycles. The molecule has 2 amide bonds. The Morgan fingerprint density at radius 1 is 1.03 bits per heavy atom. The molecule has 1 aliphatic heterocycles. The summed E-state index contributed by atoms with van der Waals surface area (Å²) in [5, 5.41) is 2.68. The number of ether oxygens (including phenoxy) is 2. The predicted octanol–water partition coefficient (Wildman–Crippen LogP) is 3.99. The number of rotatable bonds is 6. The van der Waals surface area contributed by atoms with E-state index in [0.717, 1.165) is 5.56 Å². The van der Waals surface area contributed by atoms with E-state index in [2.05, 4.69) is 5.32 Å². The van der Waals surface area contributed by atoms with Crippen LogP contribution < -0.4 is 5.32 Å². The van der Waals surface area contributed by atoms with E-state index in [9.17, 15) is 14.4 Å². The average molecular weight is 439 g/mol. The van der Waals surface area contributed by atoms with Crippen molar-refractivity contribution >= 4 is 18.0 Å². The first kappa shape index (κ1) is 23.3. The lowest BCUT2D eigenvalue weighted by Crippen LogP contribution is -2.48. The molecule has 0 radical (unpaired) electrons. The molecule has 3 rings (SSSR count). The summed E-state index contributed by atoms with van der Waals surface area (Å²) in [4.78, 5) is 40.2. The van der Waals surface area contributed by atoms with Gasteiger partial charge in [0.15, 0.2) is 0 Å². The van der Waals surface area contributed by atoms with Gasteiger partial charge in [-0.05, 0) is 44.7 Å². The molecule has 1 heterocycles. The van der Waals surface area contributed by atoms with E-state index in [1.807, 2.05) is 36.4 Å². The van der Waals surface area contributed by atoms with Gasteiger partial charge in [-0.2, -0.15) is 0 Å². The van der Waals surface area contributed by atoms with Gasteiger partial charge in [-0.15, -0.1) is 0 Å². The number of likely N-dealkylation sites (tertiary alicyclic amines) is 1. The first-order valence-corrected chi connectivity index (χ1v) is 10.8. The summed E-state index contributed by atoms with van der Waals surface area (Å²) in [6.07, 6.45) is 0.514. The van der Waals surface area contributed by atoms with Crippen LogP contribution in [0.3, 0.4) is 0 Å². The topological polar surface area (TPSA) is 84.9 Å². The van der Waals surface area contributed by atoms with Crippen LogP contribution in [0.25, 0.3) is 0 Å². The van der Waals surface area contributed by atoms with Crippen LogP contribution in [-0.4, -0.2) is 41.1 Å². The van der Waals surface area contributed by atoms with E-state index >= 15 is 0 Å². The highest BCUT2D eigenvalue weighted by Gasteiger charge is 2.39.